The molecule has 1 saturated heterocycles. The van der Waals surface area contributed by atoms with E-state index in [0.29, 0.717) is 0 Å². The van der Waals surface area contributed by atoms with Crippen LogP contribution in [-0.4, -0.2) is 9.13 Å². The van der Waals surface area contributed by atoms with E-state index in [1.807, 2.05) is 6.07 Å². The average Bonchev–Trinajstić information content (AvgIpc) is 4.02. The zero-order chi connectivity index (χ0) is 41.4. The molecule has 9 aromatic carbocycles. The van der Waals surface area contributed by atoms with E-state index in [1.54, 1.807) is 0 Å². The Hall–Kier alpha value is -7.74. The van der Waals surface area contributed by atoms with E-state index in [2.05, 4.69) is 231 Å². The maximum atomic E-state index is 6.70. The van der Waals surface area contributed by atoms with Crippen molar-refractivity contribution in [3.63, 3.8) is 0 Å². The topological polar surface area (TPSA) is 59.1 Å². The lowest BCUT2D eigenvalue weighted by Gasteiger charge is -2.39. The molecule has 1 aliphatic heterocycles. The molecule has 0 aliphatic carbocycles. The van der Waals surface area contributed by atoms with Crippen LogP contribution in [0.15, 0.2) is 217 Å². The Morgan fingerprint density at radius 3 is 1.48 bits per heavy atom. The van der Waals surface area contributed by atoms with Crippen molar-refractivity contribution in [2.24, 2.45) is 0 Å². The number of fused-ring (bicyclic) bond motifs is 11. The van der Waals surface area contributed by atoms with Crippen LogP contribution in [0, 0.1) is 0 Å². The fourth-order valence-electron chi connectivity index (χ4n) is 10.1. The molecule has 1 fully saturated rings. The molecule has 3 N–H and O–H groups in total. The molecule has 0 saturated carbocycles. The molecule has 13 rings (SSSR count). The molecule has 0 bridgehead atoms. The van der Waals surface area contributed by atoms with Crippen molar-refractivity contribution in [1.82, 2.24) is 25.1 Å². The lowest BCUT2D eigenvalue weighted by molar-refractivity contribution is 0.203. The van der Waals surface area contributed by atoms with E-state index in [4.69, 9.17) is 4.42 Å². The van der Waals surface area contributed by atoms with Gasteiger partial charge >= 0.3 is 0 Å². The van der Waals surface area contributed by atoms with E-state index < -0.39 is 0 Å². The number of furan rings is 1. The smallest absolute Gasteiger partial charge is 0.145 e. The lowest BCUT2D eigenvalue weighted by Crippen LogP contribution is -2.54. The Morgan fingerprint density at radius 1 is 0.333 bits per heavy atom. The molecule has 1 aliphatic rings. The average molecular weight is 812 g/mol. The minimum atomic E-state index is -0.0507. The van der Waals surface area contributed by atoms with Crippen molar-refractivity contribution in [2.75, 3.05) is 0 Å². The Bertz CT molecular complexity index is 3600. The predicted octanol–water partition coefficient (Wildman–Crippen LogP) is 13.6. The van der Waals surface area contributed by atoms with Crippen LogP contribution in [0.25, 0.3) is 88.1 Å². The van der Waals surface area contributed by atoms with Crippen molar-refractivity contribution < 1.29 is 4.42 Å². The van der Waals surface area contributed by atoms with Crippen molar-refractivity contribution in [3.05, 3.63) is 229 Å². The first kappa shape index (κ1) is 36.0. The van der Waals surface area contributed by atoms with Crippen LogP contribution in [-0.2, 0) is 0 Å². The van der Waals surface area contributed by atoms with Gasteiger partial charge in [0.05, 0.1) is 46.0 Å². The molecule has 63 heavy (non-hydrogen) atoms. The summed E-state index contributed by atoms with van der Waals surface area (Å²) in [4.78, 5) is 0. The van der Waals surface area contributed by atoms with E-state index in [0.717, 1.165) is 49.7 Å². The molecule has 6 heteroatoms. The largest absolute Gasteiger partial charge is 0.455 e. The van der Waals surface area contributed by atoms with Crippen LogP contribution in [0.2, 0.25) is 0 Å². The zero-order valence-electron chi connectivity index (χ0n) is 34.2. The summed E-state index contributed by atoms with van der Waals surface area (Å²) in [5, 5.41) is 18.4. The second-order valence-corrected chi connectivity index (χ2v) is 16.6. The monoisotopic (exact) mass is 811 g/mol. The minimum absolute atomic E-state index is 0.0129. The van der Waals surface area contributed by atoms with E-state index in [1.165, 1.54) is 55.0 Å². The third-order valence-electron chi connectivity index (χ3n) is 13.1. The molecule has 2 unspecified atom stereocenters. The first-order valence-electron chi connectivity index (χ1n) is 21.7. The van der Waals surface area contributed by atoms with Gasteiger partial charge in [-0.15, -0.1) is 0 Å². The predicted molar refractivity (Wildman–Crippen MR) is 258 cm³/mol. The van der Waals surface area contributed by atoms with Gasteiger partial charge in [0.2, 0.25) is 0 Å². The first-order valence-corrected chi connectivity index (χ1v) is 21.7. The van der Waals surface area contributed by atoms with E-state index >= 15 is 0 Å². The van der Waals surface area contributed by atoms with Crippen molar-refractivity contribution in [3.8, 4) is 22.5 Å². The molecule has 0 spiro atoms. The minimum Gasteiger partial charge on any atom is -0.455 e. The summed E-state index contributed by atoms with van der Waals surface area (Å²) in [5.74, 6) is 0. The molecule has 300 valence electrons. The van der Waals surface area contributed by atoms with Crippen molar-refractivity contribution in [1.29, 1.82) is 0 Å². The van der Waals surface area contributed by atoms with Crippen molar-refractivity contribution in [2.45, 2.75) is 18.5 Å². The van der Waals surface area contributed by atoms with Gasteiger partial charge in [-0.1, -0.05) is 152 Å². The molecular formula is C57H41N5O. The van der Waals surface area contributed by atoms with Gasteiger partial charge in [0.25, 0.3) is 0 Å². The van der Waals surface area contributed by atoms with Gasteiger partial charge in [-0.3, -0.25) is 16.0 Å². The second kappa shape index (κ2) is 14.4. The van der Waals surface area contributed by atoms with Gasteiger partial charge < -0.3 is 13.6 Å². The summed E-state index contributed by atoms with van der Waals surface area (Å²) in [7, 11) is 0. The van der Waals surface area contributed by atoms with Gasteiger partial charge in [0, 0.05) is 38.3 Å². The van der Waals surface area contributed by atoms with Gasteiger partial charge in [-0.2, -0.15) is 0 Å². The van der Waals surface area contributed by atoms with Gasteiger partial charge in [-0.05, 0) is 88.5 Å². The standard InChI is InChI=1S/C57H41N5O/c1-4-14-38(15-5-1)55-58-56(39-16-6-2-7-17-39)60-57(59-55)40-26-24-36(25-27-40)37-28-30-42(31-29-37)61-47-22-12-10-21-45(47)51-48(61)35-33-46-52-49(62(53(46)51)41-18-8-3-9-19-41)34-32-44-43-20-11-13-23-50(43)63-54(44)52/h1-35,55-60H. The zero-order valence-corrected chi connectivity index (χ0v) is 34.2. The summed E-state index contributed by atoms with van der Waals surface area (Å²) in [6.07, 6.45) is -0.0765. The molecule has 3 aromatic heterocycles. The molecular weight excluding hydrogens is 771 g/mol. The van der Waals surface area contributed by atoms with E-state index in [9.17, 15) is 0 Å². The highest BCUT2D eigenvalue weighted by Gasteiger charge is 2.30. The van der Waals surface area contributed by atoms with Crippen LogP contribution in [0.5, 0.6) is 0 Å². The molecule has 12 aromatic rings. The highest BCUT2D eigenvalue weighted by molar-refractivity contribution is 6.31. The van der Waals surface area contributed by atoms with Crippen LogP contribution in [0.4, 0.5) is 0 Å². The third kappa shape index (κ3) is 5.77. The van der Waals surface area contributed by atoms with Gasteiger partial charge in [0.15, 0.2) is 0 Å². The number of nitrogens with one attached hydrogen (secondary N) is 3. The molecule has 6 nitrogen and oxygen atoms in total. The molecule has 2 atom stereocenters. The second-order valence-electron chi connectivity index (χ2n) is 16.6. The number of para-hydroxylation sites is 3. The highest BCUT2D eigenvalue weighted by Crippen LogP contribution is 2.45. The summed E-state index contributed by atoms with van der Waals surface area (Å²) in [6.45, 7) is 0. The quantitative estimate of drug-likeness (QED) is 0.157. The molecule has 4 heterocycles. The van der Waals surface area contributed by atoms with Gasteiger partial charge in [-0.25, -0.2) is 0 Å². The van der Waals surface area contributed by atoms with Crippen LogP contribution in [0.1, 0.15) is 35.2 Å². The number of hydrogen-bond donors (Lipinski definition) is 3. The lowest BCUT2D eigenvalue weighted by atomic mass is 10.0. The molecule has 0 amide bonds. The van der Waals surface area contributed by atoms with E-state index in [-0.39, 0.29) is 18.5 Å². The summed E-state index contributed by atoms with van der Waals surface area (Å²) in [6, 6.07) is 76.2. The Kier molecular flexibility index (Phi) is 8.24. The summed E-state index contributed by atoms with van der Waals surface area (Å²) in [5.41, 5.74) is 14.6. The third-order valence-corrected chi connectivity index (χ3v) is 13.1. The van der Waals surface area contributed by atoms with Crippen LogP contribution >= 0.6 is 0 Å². The van der Waals surface area contributed by atoms with Gasteiger partial charge in [0.1, 0.15) is 11.2 Å². The number of rotatable bonds is 6. The maximum Gasteiger partial charge on any atom is 0.145 e. The van der Waals surface area contributed by atoms with Crippen LogP contribution < -0.4 is 16.0 Å². The Labute approximate surface area is 363 Å². The Morgan fingerprint density at radius 2 is 0.825 bits per heavy atom. The first-order chi connectivity index (χ1) is 31.2. The summed E-state index contributed by atoms with van der Waals surface area (Å²) >= 11 is 0. The fourth-order valence-corrected chi connectivity index (χ4v) is 10.1. The highest BCUT2D eigenvalue weighted by atomic mass is 16.3. The van der Waals surface area contributed by atoms with Crippen LogP contribution in [0.3, 0.4) is 0 Å². The Balaban J connectivity index is 0.903. The normalized spacial score (nSPS) is 16.9. The molecule has 0 radical (unpaired) electrons. The number of nitrogens with zero attached hydrogens (tertiary/aromatic N) is 2. The number of aromatic nitrogens is 2. The maximum absolute atomic E-state index is 6.70. The van der Waals surface area contributed by atoms with Crippen molar-refractivity contribution >= 4 is 65.6 Å². The summed E-state index contributed by atoms with van der Waals surface area (Å²) < 4.78 is 11.5. The number of hydrogen-bond acceptors (Lipinski definition) is 4. The fraction of sp³-hybridized carbons (Fsp3) is 0.0526. The number of benzene rings is 9. The SMILES string of the molecule is c1ccc(C2NC(c3ccccc3)NC(c3ccc(-c4ccc(-n5c6ccccc6c6c5ccc5c7c8oc9ccccc9c8ccc7n(-c7ccccc7)c56)cc4)cc3)N2)cc1.